The van der Waals surface area contributed by atoms with E-state index in [9.17, 15) is 13.2 Å². The number of benzene rings is 3. The van der Waals surface area contributed by atoms with E-state index in [2.05, 4.69) is 46.2 Å². The van der Waals surface area contributed by atoms with Crippen LogP contribution in [0.5, 0.6) is 5.75 Å². The first kappa shape index (κ1) is 32.0. The lowest BCUT2D eigenvalue weighted by Crippen LogP contribution is -2.26. The molecule has 4 rings (SSSR count). The number of rotatable bonds is 10. The highest BCUT2D eigenvalue weighted by atomic mass is 31.0. The molecule has 1 saturated carbocycles. The molecule has 0 radical (unpaired) electrons. The third kappa shape index (κ3) is 7.37. The lowest BCUT2D eigenvalue weighted by Gasteiger charge is -2.30. The van der Waals surface area contributed by atoms with Gasteiger partial charge in [-0.2, -0.15) is 13.2 Å². The van der Waals surface area contributed by atoms with Crippen LogP contribution in [0.25, 0.3) is 22.3 Å². The average Bonchev–Trinajstić information content (AvgIpc) is 2.98. The van der Waals surface area contributed by atoms with Crippen molar-refractivity contribution in [2.75, 3.05) is 6.61 Å². The van der Waals surface area contributed by atoms with Gasteiger partial charge in [0.05, 0.1) is 12.2 Å². The molecule has 0 saturated heterocycles. The van der Waals surface area contributed by atoms with Crippen molar-refractivity contribution in [2.45, 2.75) is 90.9 Å². The Bertz CT molecular complexity index is 1300. The van der Waals surface area contributed by atoms with E-state index in [0.717, 1.165) is 78.3 Å². The van der Waals surface area contributed by atoms with Crippen molar-refractivity contribution in [2.24, 2.45) is 11.3 Å². The summed E-state index contributed by atoms with van der Waals surface area (Å²) < 4.78 is 49.4. The van der Waals surface area contributed by atoms with Gasteiger partial charge in [-0.3, -0.25) is 0 Å². The van der Waals surface area contributed by atoms with E-state index in [0.29, 0.717) is 24.3 Å². The Kier molecular flexibility index (Phi) is 10.6. The summed E-state index contributed by atoms with van der Waals surface area (Å²) in [5.41, 5.74) is 4.37. The Morgan fingerprint density at radius 3 is 2.02 bits per heavy atom. The van der Waals surface area contributed by atoms with Crippen LogP contribution in [-0.2, 0) is 12.3 Å². The summed E-state index contributed by atoms with van der Waals surface area (Å²) in [5.74, 6) is 1.70. The second kappa shape index (κ2) is 13.6. The van der Waals surface area contributed by atoms with Crippen LogP contribution in [0.4, 0.5) is 13.2 Å². The first-order valence-electron chi connectivity index (χ1n) is 15.1. The van der Waals surface area contributed by atoms with Gasteiger partial charge < -0.3 is 4.74 Å². The van der Waals surface area contributed by atoms with E-state index in [1.807, 2.05) is 42.5 Å². The summed E-state index contributed by atoms with van der Waals surface area (Å²) in [7, 11) is 5.50. The highest BCUT2D eigenvalue weighted by Crippen LogP contribution is 2.43. The van der Waals surface area contributed by atoms with E-state index in [1.54, 1.807) is 6.07 Å². The van der Waals surface area contributed by atoms with Gasteiger partial charge in [0.1, 0.15) is 5.75 Å². The standard InChI is InChI=1S/C35H45F3OP2/c1-5-34(6-2,7-3)22-39-29-15-12-25(13-16-29)33-28(21-40)18-27(20-32(33)41)30-17-14-26(19-31(30)35(36,37)38)24-10-8-23(4)9-11-24/h12-20,23-24H,5-11,21-22,40-41H2,1-4H3. The zero-order chi connectivity index (χ0) is 29.8. The van der Waals surface area contributed by atoms with Crippen LogP contribution < -0.4 is 10.0 Å². The van der Waals surface area contributed by atoms with Crippen LogP contribution in [-0.4, -0.2) is 6.61 Å². The van der Waals surface area contributed by atoms with Crippen molar-refractivity contribution < 1.29 is 17.9 Å². The number of ether oxygens (including phenoxy) is 1. The predicted molar refractivity (Wildman–Crippen MR) is 174 cm³/mol. The van der Waals surface area contributed by atoms with Gasteiger partial charge in [-0.15, -0.1) is 18.5 Å². The van der Waals surface area contributed by atoms with Crippen LogP contribution in [0.2, 0.25) is 0 Å². The molecule has 2 atom stereocenters. The first-order chi connectivity index (χ1) is 19.5. The zero-order valence-corrected chi connectivity index (χ0v) is 27.2. The van der Waals surface area contributed by atoms with Gasteiger partial charge in [0.15, 0.2) is 0 Å². The SMILES string of the molecule is CCC(CC)(CC)COc1ccc(-c2c(P)cc(-c3ccc(C4CCC(C)CC4)cc3C(F)(F)F)cc2CP)cc1. The molecule has 6 heteroatoms. The Balaban J connectivity index is 1.65. The molecule has 3 aromatic rings. The number of alkyl halides is 3. The fourth-order valence-corrected chi connectivity index (χ4v) is 7.15. The van der Waals surface area contributed by atoms with Crippen LogP contribution in [0, 0.1) is 11.3 Å². The minimum Gasteiger partial charge on any atom is -0.493 e. The average molecular weight is 601 g/mol. The van der Waals surface area contributed by atoms with E-state index in [4.69, 9.17) is 4.74 Å². The summed E-state index contributed by atoms with van der Waals surface area (Å²) in [6.45, 7) is 9.58. The molecule has 222 valence electrons. The molecule has 1 aliphatic rings. The van der Waals surface area contributed by atoms with E-state index >= 15 is 0 Å². The normalized spacial score (nSPS) is 18.0. The van der Waals surface area contributed by atoms with Crippen molar-refractivity contribution in [1.82, 2.24) is 0 Å². The molecule has 0 aliphatic heterocycles. The van der Waals surface area contributed by atoms with E-state index in [1.165, 1.54) is 6.07 Å². The van der Waals surface area contributed by atoms with Crippen LogP contribution in [0.1, 0.15) is 95.2 Å². The molecule has 1 aliphatic carbocycles. The van der Waals surface area contributed by atoms with Gasteiger partial charge in [-0.05, 0) is 113 Å². The maximum Gasteiger partial charge on any atom is 0.417 e. The van der Waals surface area contributed by atoms with Gasteiger partial charge in [0, 0.05) is 5.41 Å². The third-order valence-electron chi connectivity index (χ3n) is 9.56. The number of hydrogen-bond acceptors (Lipinski definition) is 1. The largest absolute Gasteiger partial charge is 0.493 e. The third-order valence-corrected chi connectivity index (χ3v) is 10.5. The maximum atomic E-state index is 14.4. The first-order valence-corrected chi connectivity index (χ1v) is 16.5. The zero-order valence-electron chi connectivity index (χ0n) is 24.9. The van der Waals surface area contributed by atoms with Crippen molar-refractivity contribution >= 4 is 23.8 Å². The predicted octanol–water partition coefficient (Wildman–Crippen LogP) is 10.8. The van der Waals surface area contributed by atoms with Crippen LogP contribution >= 0.6 is 18.5 Å². The van der Waals surface area contributed by atoms with Crippen molar-refractivity contribution in [3.8, 4) is 28.0 Å². The minimum atomic E-state index is -4.42. The molecule has 0 heterocycles. The molecule has 0 N–H and O–H groups in total. The molecular formula is C35H45F3OP2. The Hall–Kier alpha value is -1.89. The highest BCUT2D eigenvalue weighted by Gasteiger charge is 2.35. The molecule has 41 heavy (non-hydrogen) atoms. The minimum absolute atomic E-state index is 0.191. The molecule has 0 amide bonds. The van der Waals surface area contributed by atoms with Crippen LogP contribution in [0.15, 0.2) is 54.6 Å². The molecule has 0 spiro atoms. The van der Waals surface area contributed by atoms with Gasteiger partial charge in [-0.1, -0.05) is 70.9 Å². The Labute approximate surface area is 249 Å². The lowest BCUT2D eigenvalue weighted by atomic mass is 9.78. The Morgan fingerprint density at radius 1 is 0.829 bits per heavy atom. The topological polar surface area (TPSA) is 9.23 Å². The molecule has 3 aromatic carbocycles. The maximum absolute atomic E-state index is 14.4. The Morgan fingerprint density at radius 2 is 1.46 bits per heavy atom. The van der Waals surface area contributed by atoms with Crippen molar-refractivity contribution in [3.63, 3.8) is 0 Å². The molecule has 0 bridgehead atoms. The van der Waals surface area contributed by atoms with Crippen molar-refractivity contribution in [3.05, 3.63) is 71.3 Å². The van der Waals surface area contributed by atoms with Gasteiger partial charge >= 0.3 is 6.18 Å². The highest BCUT2D eigenvalue weighted by molar-refractivity contribution is 7.28. The second-order valence-electron chi connectivity index (χ2n) is 11.9. The summed E-state index contributed by atoms with van der Waals surface area (Å²) in [4.78, 5) is 0. The number of hydrogen-bond donors (Lipinski definition) is 0. The molecule has 1 fully saturated rings. The summed E-state index contributed by atoms with van der Waals surface area (Å²) in [6, 6.07) is 16.9. The molecule has 1 nitrogen and oxygen atoms in total. The molecule has 2 unspecified atom stereocenters. The number of halogens is 3. The quantitative estimate of drug-likeness (QED) is 0.210. The summed E-state index contributed by atoms with van der Waals surface area (Å²) in [5, 5.41) is 0.883. The van der Waals surface area contributed by atoms with Gasteiger partial charge in [0.25, 0.3) is 0 Å². The van der Waals surface area contributed by atoms with Crippen LogP contribution in [0.3, 0.4) is 0 Å². The second-order valence-corrected chi connectivity index (χ2v) is 13.0. The van der Waals surface area contributed by atoms with E-state index < -0.39 is 11.7 Å². The summed E-state index contributed by atoms with van der Waals surface area (Å²) in [6.07, 6.45) is 3.52. The fraction of sp³-hybridized carbons (Fsp3) is 0.486. The van der Waals surface area contributed by atoms with Crippen molar-refractivity contribution in [1.29, 1.82) is 0 Å². The smallest absolute Gasteiger partial charge is 0.417 e. The lowest BCUT2D eigenvalue weighted by molar-refractivity contribution is -0.137. The fourth-order valence-electron chi connectivity index (χ4n) is 6.30. The van der Waals surface area contributed by atoms with Gasteiger partial charge in [-0.25, -0.2) is 0 Å². The van der Waals surface area contributed by atoms with Gasteiger partial charge in [0.2, 0.25) is 0 Å². The monoisotopic (exact) mass is 600 g/mol. The van der Waals surface area contributed by atoms with E-state index in [-0.39, 0.29) is 16.9 Å². The summed E-state index contributed by atoms with van der Waals surface area (Å²) >= 11 is 0. The molecular weight excluding hydrogens is 555 g/mol. The molecule has 0 aromatic heterocycles.